The topological polar surface area (TPSA) is 50.7 Å². The van der Waals surface area contributed by atoms with Crippen LogP contribution in [-0.2, 0) is 6.18 Å². The molecule has 2 aromatic heterocycles. The number of H-pyrrole nitrogens is 1. The van der Waals surface area contributed by atoms with Gasteiger partial charge in [-0.2, -0.15) is 13.2 Å². The van der Waals surface area contributed by atoms with Gasteiger partial charge in [-0.15, -0.1) is 0 Å². The van der Waals surface area contributed by atoms with Crippen LogP contribution in [0.3, 0.4) is 0 Å². The van der Waals surface area contributed by atoms with Crippen molar-refractivity contribution in [2.45, 2.75) is 6.18 Å². The van der Waals surface area contributed by atoms with E-state index in [4.69, 9.17) is 11.6 Å². The highest BCUT2D eigenvalue weighted by molar-refractivity contribution is 6.30. The van der Waals surface area contributed by atoms with E-state index in [1.54, 1.807) is 0 Å². The predicted molar refractivity (Wildman–Crippen MR) is 79.6 cm³/mol. The summed E-state index contributed by atoms with van der Waals surface area (Å²) in [5.41, 5.74) is -1.82. The molecule has 9 heteroatoms. The van der Waals surface area contributed by atoms with Crippen molar-refractivity contribution in [3.8, 4) is 17.1 Å². The van der Waals surface area contributed by atoms with Gasteiger partial charge in [-0.25, -0.2) is 9.18 Å². The molecule has 0 bridgehead atoms. The second kappa shape index (κ2) is 5.79. The summed E-state index contributed by atoms with van der Waals surface area (Å²) in [7, 11) is 0. The molecule has 4 nitrogen and oxygen atoms in total. The first-order chi connectivity index (χ1) is 11.3. The van der Waals surface area contributed by atoms with Gasteiger partial charge in [0.2, 0.25) is 0 Å². The first-order valence-electron chi connectivity index (χ1n) is 6.57. The van der Waals surface area contributed by atoms with Crippen LogP contribution in [0.2, 0.25) is 5.02 Å². The van der Waals surface area contributed by atoms with Gasteiger partial charge in [-0.3, -0.25) is 9.55 Å². The molecule has 0 spiro atoms. The summed E-state index contributed by atoms with van der Waals surface area (Å²) >= 11 is 5.87. The molecule has 2 heterocycles. The van der Waals surface area contributed by atoms with Crippen LogP contribution in [-0.4, -0.2) is 14.5 Å². The molecule has 0 saturated heterocycles. The van der Waals surface area contributed by atoms with E-state index in [2.05, 4.69) is 9.97 Å². The van der Waals surface area contributed by atoms with E-state index in [1.807, 2.05) is 0 Å². The van der Waals surface area contributed by atoms with E-state index in [0.717, 1.165) is 10.6 Å². The van der Waals surface area contributed by atoms with Gasteiger partial charge in [0.1, 0.15) is 5.82 Å². The first-order valence-corrected chi connectivity index (χ1v) is 6.94. The highest BCUT2D eigenvalue weighted by atomic mass is 35.5. The molecule has 0 atom stereocenters. The molecule has 0 radical (unpaired) electrons. The monoisotopic (exact) mass is 357 g/mol. The van der Waals surface area contributed by atoms with Crippen LogP contribution in [0.1, 0.15) is 5.56 Å². The van der Waals surface area contributed by atoms with Crippen molar-refractivity contribution >= 4 is 11.6 Å². The number of aromatic amines is 1. The summed E-state index contributed by atoms with van der Waals surface area (Å²) < 4.78 is 53.1. The maximum Gasteiger partial charge on any atom is 0.419 e. The first kappa shape index (κ1) is 16.3. The van der Waals surface area contributed by atoms with Crippen LogP contribution in [0, 0.1) is 5.82 Å². The van der Waals surface area contributed by atoms with Gasteiger partial charge < -0.3 is 4.98 Å². The normalized spacial score (nSPS) is 11.7. The SMILES string of the molecule is O=c1[nH]cc(-c2cc(Cl)ccn2)n1-c1ccc(F)c(C(F)(F)F)c1. The molecule has 0 amide bonds. The third-order valence-corrected chi connectivity index (χ3v) is 3.51. The molecule has 1 N–H and O–H groups in total. The zero-order chi connectivity index (χ0) is 17.5. The Morgan fingerprint density at radius 1 is 1.17 bits per heavy atom. The number of halogens is 5. The minimum Gasteiger partial charge on any atom is -0.312 e. The number of rotatable bonds is 2. The molecule has 0 fully saturated rings. The Kier molecular flexibility index (Phi) is 3.92. The van der Waals surface area contributed by atoms with Crippen molar-refractivity contribution in [3.05, 3.63) is 69.6 Å². The van der Waals surface area contributed by atoms with E-state index >= 15 is 0 Å². The van der Waals surface area contributed by atoms with Crippen LogP contribution in [0.25, 0.3) is 17.1 Å². The number of pyridine rings is 1. The minimum absolute atomic E-state index is 0.147. The predicted octanol–water partition coefficient (Wildman–Crippen LogP) is 4.04. The minimum atomic E-state index is -4.88. The molecule has 0 unspecified atom stereocenters. The second-order valence-corrected chi connectivity index (χ2v) is 5.27. The number of nitrogens with one attached hydrogen (secondary N) is 1. The van der Waals surface area contributed by atoms with Gasteiger partial charge in [0, 0.05) is 17.4 Å². The fourth-order valence-corrected chi connectivity index (χ4v) is 2.39. The molecular weight excluding hydrogens is 350 g/mol. The van der Waals surface area contributed by atoms with Gasteiger partial charge in [0.05, 0.1) is 22.6 Å². The van der Waals surface area contributed by atoms with Crippen LogP contribution >= 0.6 is 11.6 Å². The van der Waals surface area contributed by atoms with E-state index in [0.29, 0.717) is 17.2 Å². The van der Waals surface area contributed by atoms with E-state index in [-0.39, 0.29) is 17.1 Å². The van der Waals surface area contributed by atoms with Crippen molar-refractivity contribution in [1.82, 2.24) is 14.5 Å². The average molecular weight is 358 g/mol. The Labute approximate surface area is 137 Å². The molecule has 24 heavy (non-hydrogen) atoms. The Morgan fingerprint density at radius 2 is 1.92 bits per heavy atom. The molecule has 0 aliphatic carbocycles. The smallest absolute Gasteiger partial charge is 0.312 e. The van der Waals surface area contributed by atoms with Crippen molar-refractivity contribution in [2.24, 2.45) is 0 Å². The summed E-state index contributed by atoms with van der Waals surface area (Å²) in [6.45, 7) is 0. The van der Waals surface area contributed by atoms with Crippen molar-refractivity contribution < 1.29 is 17.6 Å². The third-order valence-electron chi connectivity index (χ3n) is 3.27. The number of alkyl halides is 3. The summed E-state index contributed by atoms with van der Waals surface area (Å²) in [6.07, 6.45) is -2.20. The summed E-state index contributed by atoms with van der Waals surface area (Å²) in [4.78, 5) is 18.4. The lowest BCUT2D eigenvalue weighted by atomic mass is 10.1. The van der Waals surface area contributed by atoms with Gasteiger partial charge in [-0.1, -0.05) is 11.6 Å². The largest absolute Gasteiger partial charge is 0.419 e. The molecule has 3 rings (SSSR count). The van der Waals surface area contributed by atoms with Crippen LogP contribution in [0.5, 0.6) is 0 Å². The number of hydrogen-bond donors (Lipinski definition) is 1. The zero-order valence-electron chi connectivity index (χ0n) is 11.7. The molecular formula is C15H8ClF4N3O. The van der Waals surface area contributed by atoms with Gasteiger partial charge in [-0.05, 0) is 30.3 Å². The maximum atomic E-state index is 13.4. The van der Waals surface area contributed by atoms with Crippen molar-refractivity contribution in [2.75, 3.05) is 0 Å². The van der Waals surface area contributed by atoms with E-state index < -0.39 is 23.2 Å². The number of hydrogen-bond acceptors (Lipinski definition) is 2. The fourth-order valence-electron chi connectivity index (χ4n) is 2.23. The third kappa shape index (κ3) is 2.92. The second-order valence-electron chi connectivity index (χ2n) is 4.84. The van der Waals surface area contributed by atoms with Gasteiger partial charge in [0.25, 0.3) is 0 Å². The highest BCUT2D eigenvalue weighted by Crippen LogP contribution is 2.33. The zero-order valence-corrected chi connectivity index (χ0v) is 12.5. The number of imidazole rings is 1. The number of nitrogens with zero attached hydrogens (tertiary/aromatic N) is 2. The lowest BCUT2D eigenvalue weighted by molar-refractivity contribution is -0.140. The lowest BCUT2D eigenvalue weighted by Crippen LogP contribution is -2.17. The Morgan fingerprint density at radius 3 is 2.58 bits per heavy atom. The molecule has 0 aliphatic heterocycles. The highest BCUT2D eigenvalue weighted by Gasteiger charge is 2.34. The van der Waals surface area contributed by atoms with Crippen molar-refractivity contribution in [3.63, 3.8) is 0 Å². The molecule has 0 aliphatic rings. The Bertz CT molecular complexity index is 962. The summed E-state index contributed by atoms with van der Waals surface area (Å²) in [5, 5.41) is 0.343. The van der Waals surface area contributed by atoms with Crippen LogP contribution in [0.15, 0.2) is 47.5 Å². The summed E-state index contributed by atoms with van der Waals surface area (Å²) in [5.74, 6) is -1.42. The Balaban J connectivity index is 2.22. The van der Waals surface area contributed by atoms with Crippen LogP contribution < -0.4 is 5.69 Å². The van der Waals surface area contributed by atoms with E-state index in [1.165, 1.54) is 24.5 Å². The van der Waals surface area contributed by atoms with E-state index in [9.17, 15) is 22.4 Å². The van der Waals surface area contributed by atoms with Gasteiger partial charge >= 0.3 is 11.9 Å². The molecule has 124 valence electrons. The molecule has 3 aromatic rings. The number of benzene rings is 1. The summed E-state index contributed by atoms with van der Waals surface area (Å²) in [6, 6.07) is 5.27. The quantitative estimate of drug-likeness (QED) is 0.704. The fraction of sp³-hybridized carbons (Fsp3) is 0.0667. The van der Waals surface area contributed by atoms with Gasteiger partial charge in [0.15, 0.2) is 0 Å². The van der Waals surface area contributed by atoms with Crippen molar-refractivity contribution in [1.29, 1.82) is 0 Å². The average Bonchev–Trinajstić information content (AvgIpc) is 2.88. The Hall–Kier alpha value is -2.61. The maximum absolute atomic E-state index is 13.4. The molecule has 0 saturated carbocycles. The lowest BCUT2D eigenvalue weighted by Gasteiger charge is -2.12. The number of aromatic nitrogens is 3. The molecule has 1 aromatic carbocycles. The van der Waals surface area contributed by atoms with Crippen LogP contribution in [0.4, 0.5) is 17.6 Å². The standard InChI is InChI=1S/C15H8ClF4N3O/c16-8-3-4-21-12(5-8)13-7-22-14(24)23(13)9-1-2-11(17)10(6-9)15(18,19)20/h1-7H,(H,22,24).